The van der Waals surface area contributed by atoms with Gasteiger partial charge in [0.15, 0.2) is 11.5 Å². The average Bonchev–Trinajstić information content (AvgIpc) is 3.06. The van der Waals surface area contributed by atoms with E-state index in [2.05, 4.69) is 29.2 Å². The van der Waals surface area contributed by atoms with Crippen LogP contribution in [0, 0.1) is 0 Å². The van der Waals surface area contributed by atoms with Crippen molar-refractivity contribution >= 4 is 0 Å². The lowest BCUT2D eigenvalue weighted by Crippen LogP contribution is -2.52. The number of nitrogens with zero attached hydrogens (tertiary/aromatic N) is 1. The van der Waals surface area contributed by atoms with Gasteiger partial charge < -0.3 is 19.3 Å². The van der Waals surface area contributed by atoms with Gasteiger partial charge in [-0.2, -0.15) is 0 Å². The van der Waals surface area contributed by atoms with E-state index in [9.17, 15) is 5.11 Å². The second kappa shape index (κ2) is 4.25. The van der Waals surface area contributed by atoms with Gasteiger partial charge in [0, 0.05) is 26.2 Å². The van der Waals surface area contributed by atoms with Crippen LogP contribution in [-0.2, 0) is 16.7 Å². The normalized spacial score (nSPS) is 40.5. The first-order valence-electron chi connectivity index (χ1n) is 7.79. The third-order valence-electron chi connectivity index (χ3n) is 5.73. The minimum Gasteiger partial charge on any atom is -0.454 e. The summed E-state index contributed by atoms with van der Waals surface area (Å²) < 4.78 is 16.6. The zero-order valence-electron chi connectivity index (χ0n) is 12.5. The summed E-state index contributed by atoms with van der Waals surface area (Å²) in [6, 6.07) is 4.44. The average molecular weight is 301 g/mol. The SMILES string of the molecule is COC1C=C[C@@]23c4cc5c(cc4CN(C[C@@H]2O)[C@H]3C1)OCO5. The van der Waals surface area contributed by atoms with E-state index < -0.39 is 6.10 Å². The fourth-order valence-electron chi connectivity index (χ4n) is 4.69. The first-order chi connectivity index (χ1) is 10.7. The molecule has 22 heavy (non-hydrogen) atoms. The van der Waals surface area contributed by atoms with Crippen molar-refractivity contribution in [2.45, 2.75) is 36.6 Å². The zero-order valence-corrected chi connectivity index (χ0v) is 12.5. The molecule has 5 atom stereocenters. The van der Waals surface area contributed by atoms with Crippen LogP contribution >= 0.6 is 0 Å². The number of aliphatic hydroxyl groups is 1. The molecule has 5 rings (SSSR count). The summed E-state index contributed by atoms with van der Waals surface area (Å²) in [7, 11) is 1.75. The number of fused-ring (bicyclic) bond motifs is 2. The van der Waals surface area contributed by atoms with Crippen LogP contribution < -0.4 is 9.47 Å². The lowest BCUT2D eigenvalue weighted by Gasteiger charge is -2.46. The molecule has 1 aliphatic carbocycles. The number of hydrogen-bond acceptors (Lipinski definition) is 5. The maximum atomic E-state index is 10.8. The topological polar surface area (TPSA) is 51.2 Å². The summed E-state index contributed by atoms with van der Waals surface area (Å²) in [4.78, 5) is 2.38. The minimum absolute atomic E-state index is 0.126. The number of methoxy groups -OCH3 is 1. The molecule has 0 amide bonds. The highest BCUT2D eigenvalue weighted by atomic mass is 16.7. The van der Waals surface area contributed by atoms with Gasteiger partial charge in [-0.25, -0.2) is 0 Å². The highest BCUT2D eigenvalue weighted by molar-refractivity contribution is 5.56. The second-order valence-electron chi connectivity index (χ2n) is 6.63. The van der Waals surface area contributed by atoms with E-state index in [4.69, 9.17) is 14.2 Å². The molecule has 3 aliphatic heterocycles. The Morgan fingerprint density at radius 1 is 1.32 bits per heavy atom. The van der Waals surface area contributed by atoms with Gasteiger partial charge in [0.1, 0.15) is 0 Å². The number of hydrogen-bond donors (Lipinski definition) is 1. The molecule has 1 aromatic rings. The Hall–Kier alpha value is -1.56. The van der Waals surface area contributed by atoms with E-state index in [0.29, 0.717) is 6.54 Å². The van der Waals surface area contributed by atoms with Gasteiger partial charge in [-0.15, -0.1) is 0 Å². The molecule has 2 unspecified atom stereocenters. The predicted molar refractivity (Wildman–Crippen MR) is 79.0 cm³/mol. The van der Waals surface area contributed by atoms with Crippen LogP contribution in [0.15, 0.2) is 24.3 Å². The van der Waals surface area contributed by atoms with Crippen LogP contribution in [0.4, 0.5) is 0 Å². The molecule has 5 nitrogen and oxygen atoms in total. The lowest BCUT2D eigenvalue weighted by molar-refractivity contribution is 0.0660. The Morgan fingerprint density at radius 2 is 2.14 bits per heavy atom. The van der Waals surface area contributed by atoms with E-state index in [1.807, 2.05) is 0 Å². The van der Waals surface area contributed by atoms with E-state index in [1.165, 1.54) is 11.1 Å². The predicted octanol–water partition coefficient (Wildman–Crippen LogP) is 1.19. The van der Waals surface area contributed by atoms with Gasteiger partial charge >= 0.3 is 0 Å². The van der Waals surface area contributed by atoms with Gasteiger partial charge in [0.25, 0.3) is 0 Å². The fourth-order valence-corrected chi connectivity index (χ4v) is 4.69. The Balaban J connectivity index is 1.72. The van der Waals surface area contributed by atoms with E-state index in [0.717, 1.165) is 24.5 Å². The van der Waals surface area contributed by atoms with Gasteiger partial charge in [-0.3, -0.25) is 4.90 Å². The Morgan fingerprint density at radius 3 is 2.95 bits per heavy atom. The van der Waals surface area contributed by atoms with Crippen LogP contribution in [0.25, 0.3) is 0 Å². The van der Waals surface area contributed by atoms with Crippen LogP contribution in [0.5, 0.6) is 11.5 Å². The molecular formula is C17H19NO4. The highest BCUT2D eigenvalue weighted by Gasteiger charge is 2.58. The molecule has 1 fully saturated rings. The third-order valence-corrected chi connectivity index (χ3v) is 5.73. The van der Waals surface area contributed by atoms with Gasteiger partial charge in [0.2, 0.25) is 6.79 Å². The van der Waals surface area contributed by atoms with Crippen LogP contribution in [-0.4, -0.2) is 48.7 Å². The number of ether oxygens (including phenoxy) is 3. The first-order valence-corrected chi connectivity index (χ1v) is 7.79. The summed E-state index contributed by atoms with van der Waals surface area (Å²) in [5.41, 5.74) is 2.08. The zero-order chi connectivity index (χ0) is 14.9. The van der Waals surface area contributed by atoms with Crippen molar-refractivity contribution in [1.82, 2.24) is 4.90 Å². The molecule has 2 bridgehead atoms. The van der Waals surface area contributed by atoms with Crippen molar-refractivity contribution in [3.63, 3.8) is 0 Å². The second-order valence-corrected chi connectivity index (χ2v) is 6.63. The number of benzene rings is 1. The number of aliphatic hydroxyl groups excluding tert-OH is 1. The molecule has 3 heterocycles. The maximum Gasteiger partial charge on any atom is 0.231 e. The van der Waals surface area contributed by atoms with Crippen LogP contribution in [0.1, 0.15) is 17.5 Å². The minimum atomic E-state index is -0.395. The molecule has 1 saturated heterocycles. The summed E-state index contributed by atoms with van der Waals surface area (Å²) >= 11 is 0. The van der Waals surface area contributed by atoms with Crippen molar-refractivity contribution in [3.05, 3.63) is 35.4 Å². The largest absolute Gasteiger partial charge is 0.454 e. The molecular weight excluding hydrogens is 282 g/mol. The summed E-state index contributed by atoms with van der Waals surface area (Å²) in [5.74, 6) is 1.61. The molecule has 116 valence electrons. The van der Waals surface area contributed by atoms with Crippen molar-refractivity contribution < 1.29 is 19.3 Å². The van der Waals surface area contributed by atoms with Crippen LogP contribution in [0.2, 0.25) is 0 Å². The molecule has 1 aromatic carbocycles. The summed E-state index contributed by atoms with van der Waals surface area (Å²) in [6.45, 7) is 1.83. The monoisotopic (exact) mass is 301 g/mol. The van der Waals surface area contributed by atoms with E-state index in [-0.39, 0.29) is 24.4 Å². The molecule has 0 spiro atoms. The van der Waals surface area contributed by atoms with Crippen molar-refractivity contribution in [2.75, 3.05) is 20.4 Å². The van der Waals surface area contributed by atoms with Crippen molar-refractivity contribution in [1.29, 1.82) is 0 Å². The van der Waals surface area contributed by atoms with E-state index >= 15 is 0 Å². The molecule has 1 N–H and O–H groups in total. The lowest BCUT2D eigenvalue weighted by atomic mass is 9.65. The standard InChI is InChI=1S/C17H19NO4/c1-20-11-2-3-17-12-6-14-13(21-9-22-14)4-10(12)7-18(8-16(17)19)15(17)5-11/h2-4,6,11,15-16,19H,5,7-9H2,1H3/t11?,15-,16-,17-/m0/s1. The first kappa shape index (κ1) is 12.9. The van der Waals surface area contributed by atoms with Crippen LogP contribution in [0.3, 0.4) is 0 Å². The highest BCUT2D eigenvalue weighted by Crippen LogP contribution is 2.53. The molecule has 0 aromatic heterocycles. The molecule has 0 saturated carbocycles. The summed E-state index contributed by atoms with van der Waals surface area (Å²) in [5, 5.41) is 10.8. The summed E-state index contributed by atoms with van der Waals surface area (Å²) in [6.07, 6.45) is 4.91. The van der Waals surface area contributed by atoms with Gasteiger partial charge in [-0.05, 0) is 29.7 Å². The Kier molecular flexibility index (Phi) is 2.50. The molecule has 0 radical (unpaired) electrons. The van der Waals surface area contributed by atoms with Gasteiger partial charge in [0.05, 0.1) is 17.6 Å². The van der Waals surface area contributed by atoms with Gasteiger partial charge in [-0.1, -0.05) is 12.2 Å². The molecule has 4 aliphatic rings. The number of rotatable bonds is 1. The van der Waals surface area contributed by atoms with Crippen molar-refractivity contribution in [3.8, 4) is 11.5 Å². The Labute approximate surface area is 129 Å². The smallest absolute Gasteiger partial charge is 0.231 e. The quantitative estimate of drug-likeness (QED) is 0.790. The van der Waals surface area contributed by atoms with Crippen molar-refractivity contribution in [2.24, 2.45) is 0 Å². The van der Waals surface area contributed by atoms with E-state index in [1.54, 1.807) is 7.11 Å². The fraction of sp³-hybridized carbons (Fsp3) is 0.529. The molecule has 5 heteroatoms. The Bertz CT molecular complexity index is 673. The maximum absolute atomic E-state index is 10.8. The third kappa shape index (κ3) is 1.44.